The maximum absolute atomic E-state index is 12.5. The highest BCUT2D eigenvalue weighted by Gasteiger charge is 2.63. The van der Waals surface area contributed by atoms with E-state index in [-0.39, 0.29) is 18.0 Å². The number of hydrogen-bond donors (Lipinski definition) is 2. The summed E-state index contributed by atoms with van der Waals surface area (Å²) in [5.41, 5.74) is -1.78. The minimum absolute atomic E-state index is 0.0610. The van der Waals surface area contributed by atoms with E-state index in [9.17, 15) is 13.2 Å². The molecule has 0 spiro atoms. The predicted molar refractivity (Wildman–Crippen MR) is 58.2 cm³/mol. The van der Waals surface area contributed by atoms with Gasteiger partial charge in [-0.2, -0.15) is 13.2 Å². The molecule has 0 aliphatic heterocycles. The molecular weight excluding hydrogens is 241 g/mol. The van der Waals surface area contributed by atoms with Gasteiger partial charge < -0.3 is 15.4 Å². The monoisotopic (exact) mass is 256 g/mol. The molecule has 94 valence electrons. The molecule has 1 rings (SSSR count). The Balaban J connectivity index is 2.25. The predicted octanol–water partition coefficient (Wildman–Crippen LogP) is 1.58. The SMILES string of the molecule is COCCCNC(=S)NC1(C(F)(F)F)CC1. The van der Waals surface area contributed by atoms with E-state index in [4.69, 9.17) is 17.0 Å². The van der Waals surface area contributed by atoms with Crippen molar-refractivity contribution in [3.8, 4) is 0 Å². The first-order valence-corrected chi connectivity index (χ1v) is 5.44. The van der Waals surface area contributed by atoms with Crippen molar-refractivity contribution in [2.45, 2.75) is 31.0 Å². The molecule has 0 amide bonds. The van der Waals surface area contributed by atoms with Gasteiger partial charge in [0.1, 0.15) is 5.54 Å². The van der Waals surface area contributed by atoms with Crippen molar-refractivity contribution >= 4 is 17.3 Å². The molecule has 0 unspecified atom stereocenters. The summed E-state index contributed by atoms with van der Waals surface area (Å²) < 4.78 is 42.4. The quantitative estimate of drug-likeness (QED) is 0.578. The van der Waals surface area contributed by atoms with Crippen LogP contribution in [0.4, 0.5) is 13.2 Å². The third-order valence-corrected chi connectivity index (χ3v) is 2.70. The second-order valence-electron chi connectivity index (χ2n) is 3.81. The van der Waals surface area contributed by atoms with E-state index in [1.54, 1.807) is 7.11 Å². The van der Waals surface area contributed by atoms with Crippen LogP contribution >= 0.6 is 12.2 Å². The zero-order valence-electron chi connectivity index (χ0n) is 8.99. The molecule has 16 heavy (non-hydrogen) atoms. The fourth-order valence-electron chi connectivity index (χ4n) is 1.28. The van der Waals surface area contributed by atoms with E-state index in [0.29, 0.717) is 19.6 Å². The lowest BCUT2D eigenvalue weighted by Crippen LogP contribution is -2.51. The number of nitrogens with one attached hydrogen (secondary N) is 2. The lowest BCUT2D eigenvalue weighted by molar-refractivity contribution is -0.161. The Bertz CT molecular complexity index is 254. The van der Waals surface area contributed by atoms with Gasteiger partial charge in [-0.3, -0.25) is 0 Å². The summed E-state index contributed by atoms with van der Waals surface area (Å²) in [5, 5.41) is 5.13. The summed E-state index contributed by atoms with van der Waals surface area (Å²) in [7, 11) is 1.57. The summed E-state index contributed by atoms with van der Waals surface area (Å²) in [4.78, 5) is 0. The molecule has 0 heterocycles. The van der Waals surface area contributed by atoms with Crippen LogP contribution in [0.3, 0.4) is 0 Å². The molecule has 1 aliphatic rings. The molecule has 0 aromatic heterocycles. The van der Waals surface area contributed by atoms with Crippen LogP contribution in [0, 0.1) is 0 Å². The third kappa shape index (κ3) is 3.48. The highest BCUT2D eigenvalue weighted by atomic mass is 32.1. The number of methoxy groups -OCH3 is 1. The Labute approximate surface area is 97.7 Å². The maximum atomic E-state index is 12.5. The molecule has 7 heteroatoms. The number of alkyl halides is 3. The first kappa shape index (κ1) is 13.5. The lowest BCUT2D eigenvalue weighted by Gasteiger charge is -2.22. The zero-order valence-corrected chi connectivity index (χ0v) is 9.80. The van der Waals surface area contributed by atoms with Gasteiger partial charge >= 0.3 is 6.18 Å². The van der Waals surface area contributed by atoms with Crippen LogP contribution in [-0.4, -0.2) is 37.1 Å². The van der Waals surface area contributed by atoms with Crippen molar-refractivity contribution in [2.75, 3.05) is 20.3 Å². The highest BCUT2D eigenvalue weighted by molar-refractivity contribution is 7.80. The molecule has 0 radical (unpaired) electrons. The van der Waals surface area contributed by atoms with Gasteiger partial charge in [-0.05, 0) is 31.5 Å². The Morgan fingerprint density at radius 1 is 1.44 bits per heavy atom. The van der Waals surface area contributed by atoms with Gasteiger partial charge in [0.15, 0.2) is 5.11 Å². The standard InChI is InChI=1S/C9H15F3N2OS/c1-15-6-2-5-13-7(16)14-8(3-4-8)9(10,11)12/h2-6H2,1H3,(H2,13,14,16). The van der Waals surface area contributed by atoms with E-state index < -0.39 is 11.7 Å². The highest BCUT2D eigenvalue weighted by Crippen LogP contribution is 2.48. The fraction of sp³-hybridized carbons (Fsp3) is 0.889. The van der Waals surface area contributed by atoms with Gasteiger partial charge in [-0.15, -0.1) is 0 Å². The van der Waals surface area contributed by atoms with E-state index >= 15 is 0 Å². The van der Waals surface area contributed by atoms with Crippen molar-refractivity contribution in [2.24, 2.45) is 0 Å². The smallest absolute Gasteiger partial charge is 0.385 e. The summed E-state index contributed by atoms with van der Waals surface area (Å²) in [6.07, 6.45) is -3.34. The minimum atomic E-state index is -4.23. The minimum Gasteiger partial charge on any atom is -0.385 e. The van der Waals surface area contributed by atoms with Crippen LogP contribution < -0.4 is 10.6 Å². The molecule has 0 bridgehead atoms. The fourth-order valence-corrected chi connectivity index (χ4v) is 1.58. The lowest BCUT2D eigenvalue weighted by atomic mass is 10.3. The molecule has 0 aromatic rings. The topological polar surface area (TPSA) is 33.3 Å². The number of rotatable bonds is 5. The largest absolute Gasteiger partial charge is 0.411 e. The van der Waals surface area contributed by atoms with Crippen molar-refractivity contribution < 1.29 is 17.9 Å². The van der Waals surface area contributed by atoms with E-state index in [0.717, 1.165) is 0 Å². The van der Waals surface area contributed by atoms with Crippen LogP contribution in [-0.2, 0) is 4.74 Å². The molecule has 0 saturated heterocycles. The van der Waals surface area contributed by atoms with Gasteiger partial charge in [0.05, 0.1) is 0 Å². The second kappa shape index (κ2) is 5.18. The zero-order chi connectivity index (χ0) is 12.2. The van der Waals surface area contributed by atoms with Crippen molar-refractivity contribution in [3.05, 3.63) is 0 Å². The van der Waals surface area contributed by atoms with E-state index in [2.05, 4.69) is 10.6 Å². The van der Waals surface area contributed by atoms with Crippen LogP contribution in [0.2, 0.25) is 0 Å². The molecule has 0 atom stereocenters. The van der Waals surface area contributed by atoms with Crippen molar-refractivity contribution in [1.29, 1.82) is 0 Å². The van der Waals surface area contributed by atoms with Crippen LogP contribution in [0.25, 0.3) is 0 Å². The number of halogens is 3. The van der Waals surface area contributed by atoms with Crippen LogP contribution in [0.15, 0.2) is 0 Å². The van der Waals surface area contributed by atoms with Gasteiger partial charge in [-0.1, -0.05) is 0 Å². The first-order chi connectivity index (χ1) is 7.41. The van der Waals surface area contributed by atoms with Crippen LogP contribution in [0.5, 0.6) is 0 Å². The Morgan fingerprint density at radius 2 is 2.06 bits per heavy atom. The molecule has 1 fully saturated rings. The van der Waals surface area contributed by atoms with E-state index in [1.807, 2.05) is 0 Å². The Kier molecular flexibility index (Phi) is 4.37. The number of ether oxygens (including phenoxy) is 1. The molecule has 3 nitrogen and oxygen atoms in total. The van der Waals surface area contributed by atoms with Crippen LogP contribution in [0.1, 0.15) is 19.3 Å². The summed E-state index contributed by atoms with van der Waals surface area (Å²) in [6.45, 7) is 1.06. The molecule has 2 N–H and O–H groups in total. The molecule has 0 aromatic carbocycles. The molecule has 1 aliphatic carbocycles. The summed E-state index contributed by atoms with van der Waals surface area (Å²) in [6, 6.07) is 0. The second-order valence-corrected chi connectivity index (χ2v) is 4.22. The molecule has 1 saturated carbocycles. The van der Waals surface area contributed by atoms with Gasteiger partial charge in [0.25, 0.3) is 0 Å². The Morgan fingerprint density at radius 3 is 2.50 bits per heavy atom. The van der Waals surface area contributed by atoms with Gasteiger partial charge in [-0.25, -0.2) is 0 Å². The van der Waals surface area contributed by atoms with Crippen molar-refractivity contribution in [1.82, 2.24) is 10.6 Å². The summed E-state index contributed by atoms with van der Waals surface area (Å²) >= 11 is 4.80. The summed E-state index contributed by atoms with van der Waals surface area (Å²) in [5.74, 6) is 0. The van der Waals surface area contributed by atoms with E-state index in [1.165, 1.54) is 0 Å². The maximum Gasteiger partial charge on any atom is 0.411 e. The molecular formula is C9H15F3N2OS. The van der Waals surface area contributed by atoms with Gasteiger partial charge in [0, 0.05) is 20.3 Å². The van der Waals surface area contributed by atoms with Crippen molar-refractivity contribution in [3.63, 3.8) is 0 Å². The van der Waals surface area contributed by atoms with Gasteiger partial charge in [0.2, 0.25) is 0 Å². The number of thiocarbonyl (C=S) groups is 1. The third-order valence-electron chi connectivity index (χ3n) is 2.46. The first-order valence-electron chi connectivity index (χ1n) is 5.03. The normalized spacial score (nSPS) is 18.0. The average Bonchev–Trinajstić information content (AvgIpc) is 2.92. The average molecular weight is 256 g/mol. The number of hydrogen-bond acceptors (Lipinski definition) is 2. The Hall–Kier alpha value is -0.560.